The van der Waals surface area contributed by atoms with E-state index in [1.807, 2.05) is 0 Å². The topological polar surface area (TPSA) is 0 Å². The molecule has 0 aromatic heterocycles. The summed E-state index contributed by atoms with van der Waals surface area (Å²) in [5.74, 6) is 0. The smallest absolute Gasteiger partial charge is 2.00 e. The average molecular weight is 568 g/mol. The van der Waals surface area contributed by atoms with Crippen molar-refractivity contribution in [1.29, 1.82) is 0 Å². The van der Waals surface area contributed by atoms with E-state index in [-0.39, 0.29) is 102 Å². The van der Waals surface area contributed by atoms with Crippen molar-refractivity contribution in [3.63, 3.8) is 0 Å². The summed E-state index contributed by atoms with van der Waals surface area (Å²) in [5.41, 5.74) is 0. The molecule has 0 fully saturated rings. The van der Waals surface area contributed by atoms with Crippen molar-refractivity contribution in [2.24, 2.45) is 0 Å². The summed E-state index contributed by atoms with van der Waals surface area (Å²) < 4.78 is 0. The van der Waals surface area contributed by atoms with E-state index in [2.05, 4.69) is 0 Å². The van der Waals surface area contributed by atoms with Gasteiger partial charge in [0.1, 0.15) is 0 Å². The van der Waals surface area contributed by atoms with E-state index < -0.39 is 0 Å². The SMILES string of the molecule is [Bi+3].[Sb+3].[Se-2].[Se-2].[Se-2]. The second-order valence-corrected chi connectivity index (χ2v) is 0. The largest absolute Gasteiger partial charge is 3.00 e. The van der Waals surface area contributed by atoms with Crippen LogP contribution >= 0.6 is 0 Å². The maximum atomic E-state index is 0. The minimum atomic E-state index is 0. The van der Waals surface area contributed by atoms with Crippen LogP contribution in [-0.2, 0) is 0 Å². The monoisotopic (exact) mass is 570 g/mol. The van der Waals surface area contributed by atoms with Crippen molar-refractivity contribution in [3.8, 4) is 0 Å². The first-order chi connectivity index (χ1) is 0. The molecule has 28 valence electrons. The molecule has 0 nitrogen and oxygen atoms in total. The predicted molar refractivity (Wildman–Crippen MR) is 28.8 cm³/mol. The summed E-state index contributed by atoms with van der Waals surface area (Å²) in [5, 5.41) is 0. The van der Waals surface area contributed by atoms with Crippen LogP contribution in [0.2, 0.25) is 0 Å². The molecule has 0 unspecified atom stereocenters. The van der Waals surface area contributed by atoms with Crippen molar-refractivity contribution in [1.82, 2.24) is 0 Å². The summed E-state index contributed by atoms with van der Waals surface area (Å²) in [6, 6.07) is 0. The third kappa shape index (κ3) is 18.9. The molecule has 0 aliphatic carbocycles. The van der Waals surface area contributed by atoms with Crippen LogP contribution in [0.5, 0.6) is 0 Å². The Bertz CT molecular complexity index is 6.85. The molecule has 0 aliphatic heterocycles. The first kappa shape index (κ1) is 41.0. The average Bonchev–Trinajstić information content (AvgIpc) is 0. The molecule has 0 rings (SSSR count). The van der Waals surface area contributed by atoms with E-state index in [0.29, 0.717) is 0 Å². The van der Waals surface area contributed by atoms with Crippen molar-refractivity contribution in [2.45, 2.75) is 0 Å². The molecule has 0 bridgehead atoms. The molecule has 0 aromatic rings. The van der Waals surface area contributed by atoms with Gasteiger partial charge in [0.25, 0.3) is 0 Å². The van der Waals surface area contributed by atoms with E-state index in [1.54, 1.807) is 0 Å². The molecule has 0 N–H and O–H groups in total. The Morgan fingerprint density at radius 3 is 0.600 bits per heavy atom. The molecule has 0 atom stereocenters. The Labute approximate surface area is 100.0 Å². The molecule has 0 aromatic carbocycles. The van der Waals surface area contributed by atoms with E-state index in [1.165, 1.54) is 0 Å². The van der Waals surface area contributed by atoms with Gasteiger partial charge in [-0.15, -0.1) is 0 Å². The molecule has 5 heteroatoms. The zero-order valence-corrected chi connectivity index (χ0v) is 13.3. The van der Waals surface area contributed by atoms with Gasteiger partial charge in [-0.3, -0.25) is 0 Å². The Morgan fingerprint density at radius 2 is 0.600 bits per heavy atom. The quantitative estimate of drug-likeness (QED) is 0.300. The van der Waals surface area contributed by atoms with Gasteiger partial charge in [0.2, 0.25) is 0 Å². The standard InChI is InChI=1S/Bi.Sb.3Se/q2*+3;3*-2. The van der Waals surface area contributed by atoms with Gasteiger partial charge in [0.15, 0.2) is 0 Å². The molecule has 0 amide bonds. The summed E-state index contributed by atoms with van der Waals surface area (Å²) in [6.07, 6.45) is 0. The fourth-order valence-corrected chi connectivity index (χ4v) is 0. The van der Waals surface area contributed by atoms with Gasteiger partial charge in [0, 0.05) is 0 Å². The summed E-state index contributed by atoms with van der Waals surface area (Å²) in [7, 11) is 0. The maximum absolute atomic E-state index is 0. The van der Waals surface area contributed by atoms with E-state index >= 15 is 0 Å². The van der Waals surface area contributed by atoms with Crippen LogP contribution in [0.1, 0.15) is 0 Å². The second kappa shape index (κ2) is 26.8. The minimum absolute atomic E-state index is 0. The first-order valence-corrected chi connectivity index (χ1v) is 0. The molecule has 0 saturated heterocycles. The van der Waals surface area contributed by atoms with Crippen LogP contribution in [0, 0.1) is 0 Å². The molecule has 0 saturated carbocycles. The minimum Gasteiger partial charge on any atom is -2.00 e. The molecule has 0 spiro atoms. The van der Waals surface area contributed by atoms with Gasteiger partial charge in [-0.25, -0.2) is 0 Å². The Balaban J connectivity index is 0. The number of rotatable bonds is 0. The molecule has 5 heavy (non-hydrogen) atoms. The Hall–Kier alpha value is 3.26. The number of hydrogen-bond acceptors (Lipinski definition) is 0. The van der Waals surface area contributed by atoms with Gasteiger partial charge in [-0.1, -0.05) is 0 Å². The van der Waals surface area contributed by atoms with Crippen LogP contribution in [-0.4, -0.2) is 102 Å². The first-order valence-electron chi connectivity index (χ1n) is 0. The zero-order valence-electron chi connectivity index (χ0n) is 2.12. The molecule has 0 aliphatic rings. The molecule has 0 heterocycles. The Morgan fingerprint density at radius 1 is 0.600 bits per heavy atom. The molecule has 4 radical (unpaired) electrons. The van der Waals surface area contributed by atoms with Crippen LogP contribution in [0.25, 0.3) is 0 Å². The summed E-state index contributed by atoms with van der Waals surface area (Å²) in [6.45, 7) is 0. The number of hydrogen-bond donors (Lipinski definition) is 0. The van der Waals surface area contributed by atoms with Gasteiger partial charge in [-0.05, 0) is 0 Å². The maximum Gasteiger partial charge on any atom is 3.00 e. The molecular formula is BiSbSe3. The Kier molecular flexibility index (Phi) is 219. The fraction of sp³-hybridized carbons (Fsp3) is 0. The van der Waals surface area contributed by atoms with Crippen LogP contribution in [0.3, 0.4) is 0 Å². The van der Waals surface area contributed by atoms with Crippen molar-refractivity contribution < 1.29 is 0 Å². The predicted octanol–water partition coefficient (Wildman–Crippen LogP) is -1.90. The fourth-order valence-electron chi connectivity index (χ4n) is 0. The zero-order chi connectivity index (χ0) is 0. The van der Waals surface area contributed by atoms with Crippen molar-refractivity contribution >= 4 is 102 Å². The third-order valence-corrected chi connectivity index (χ3v) is 0. The summed E-state index contributed by atoms with van der Waals surface area (Å²) in [4.78, 5) is 0. The van der Waals surface area contributed by atoms with Crippen LogP contribution in [0.15, 0.2) is 0 Å². The van der Waals surface area contributed by atoms with E-state index in [9.17, 15) is 0 Å². The van der Waals surface area contributed by atoms with Crippen LogP contribution < -0.4 is 0 Å². The van der Waals surface area contributed by atoms with E-state index in [0.717, 1.165) is 0 Å². The van der Waals surface area contributed by atoms with Gasteiger partial charge in [0.05, 0.1) is 0 Å². The van der Waals surface area contributed by atoms with Gasteiger partial charge >= 0.3 is 50.6 Å². The van der Waals surface area contributed by atoms with Gasteiger partial charge < -0.3 is 51.2 Å². The summed E-state index contributed by atoms with van der Waals surface area (Å²) >= 11 is 0. The van der Waals surface area contributed by atoms with Crippen molar-refractivity contribution in [2.75, 3.05) is 0 Å². The molecular weight excluding hydrogens is 568 g/mol. The van der Waals surface area contributed by atoms with E-state index in [4.69, 9.17) is 0 Å². The normalized spacial score (nSPS) is 0. The van der Waals surface area contributed by atoms with Crippen LogP contribution in [0.4, 0.5) is 0 Å². The second-order valence-electron chi connectivity index (χ2n) is 0. The van der Waals surface area contributed by atoms with Gasteiger partial charge in [-0.2, -0.15) is 0 Å². The van der Waals surface area contributed by atoms with Crippen molar-refractivity contribution in [3.05, 3.63) is 0 Å². The third-order valence-electron chi connectivity index (χ3n) is 0.